The summed E-state index contributed by atoms with van der Waals surface area (Å²) < 4.78 is 15.4. The van der Waals surface area contributed by atoms with Crippen LogP contribution in [-0.4, -0.2) is 16.7 Å². The average molecular weight is 484 g/mol. The van der Waals surface area contributed by atoms with Crippen molar-refractivity contribution in [2.24, 2.45) is 0 Å². The van der Waals surface area contributed by atoms with Crippen LogP contribution in [0.3, 0.4) is 0 Å². The van der Waals surface area contributed by atoms with Crippen LogP contribution in [-0.2, 0) is 0 Å². The largest absolute Gasteiger partial charge is 0.455 e. The Bertz CT molecular complexity index is 2190. The minimum absolute atomic E-state index is 0.155. The highest BCUT2D eigenvalue weighted by molar-refractivity contribution is 8.13. The van der Waals surface area contributed by atoms with Gasteiger partial charge in [0.05, 0.1) is 22.1 Å². The number of para-hydroxylation sites is 4. The van der Waals surface area contributed by atoms with Crippen molar-refractivity contribution in [1.29, 1.82) is 0 Å². The quantitative estimate of drug-likeness (QED) is 0.229. The van der Waals surface area contributed by atoms with E-state index in [2.05, 4.69) is 102 Å². The topological polar surface area (TPSA) is 31.2 Å². The summed E-state index contributed by atoms with van der Waals surface area (Å²) >= 11 is 0. The van der Waals surface area contributed by atoms with Gasteiger partial charge in [-0.1, -0.05) is 66.5 Å². The van der Waals surface area contributed by atoms with Crippen LogP contribution in [0.25, 0.3) is 71.4 Å². The maximum Gasteiger partial charge on any atom is 0.159 e. The zero-order valence-electron chi connectivity index (χ0n) is 19.6. The van der Waals surface area contributed by atoms with E-state index in [-0.39, 0.29) is 10.5 Å². The second-order valence-corrected chi connectivity index (χ2v) is 11.0. The molecular weight excluding hydrogens is 462 g/mol. The van der Waals surface area contributed by atoms with Crippen molar-refractivity contribution in [1.82, 2.24) is 4.57 Å². The van der Waals surface area contributed by atoms with Gasteiger partial charge in [0, 0.05) is 31.8 Å². The molecule has 3 aromatic heterocycles. The van der Waals surface area contributed by atoms with E-state index in [0.29, 0.717) is 0 Å². The van der Waals surface area contributed by atoms with Crippen LogP contribution in [0.4, 0.5) is 0 Å². The van der Waals surface area contributed by atoms with E-state index in [9.17, 15) is 0 Å². The number of furan rings is 2. The Morgan fingerprint density at radius 3 is 2.14 bits per heavy atom. The first-order chi connectivity index (χ1) is 17.7. The number of fused-ring (bicyclic) bond motifs is 10. The second-order valence-electron chi connectivity index (χ2n) is 9.31. The smallest absolute Gasteiger partial charge is 0.159 e. The average Bonchev–Trinajstić information content (AvgIpc) is 3.57. The summed E-state index contributed by atoms with van der Waals surface area (Å²) in [6.45, 7) is 0. The lowest BCUT2D eigenvalue weighted by Crippen LogP contribution is -1.94. The predicted octanol–water partition coefficient (Wildman–Crippen LogP) is 9.27. The second kappa shape index (κ2) is 7.12. The van der Waals surface area contributed by atoms with Crippen LogP contribution in [0.2, 0.25) is 0 Å². The van der Waals surface area contributed by atoms with Gasteiger partial charge < -0.3 is 13.4 Å². The van der Waals surface area contributed by atoms with Crippen LogP contribution in [0.15, 0.2) is 111 Å². The number of hydrogen-bond acceptors (Lipinski definition) is 2. The van der Waals surface area contributed by atoms with Gasteiger partial charge in [-0.3, -0.25) is 0 Å². The zero-order chi connectivity index (χ0) is 24.0. The lowest BCUT2D eigenvalue weighted by Gasteiger charge is -2.08. The number of nitrogens with zero attached hydrogens (tertiary/aromatic N) is 1. The number of aromatic nitrogens is 1. The molecule has 0 aliphatic heterocycles. The molecule has 0 saturated carbocycles. The molecule has 0 radical (unpaired) electrons. The van der Waals surface area contributed by atoms with Crippen molar-refractivity contribution in [2.45, 2.75) is 4.90 Å². The summed E-state index contributed by atoms with van der Waals surface area (Å²) in [5, 5.41) is 6.82. The number of hydrogen-bond donors (Lipinski definition) is 0. The Labute approximate surface area is 209 Å². The first-order valence-corrected chi connectivity index (χ1v) is 13.7. The first kappa shape index (κ1) is 20.0. The molecule has 0 saturated heterocycles. The van der Waals surface area contributed by atoms with Gasteiger partial charge in [0.25, 0.3) is 0 Å². The first-order valence-electron chi connectivity index (χ1n) is 11.9. The summed E-state index contributed by atoms with van der Waals surface area (Å²) in [5.74, 6) is 4.28. The molecule has 0 aliphatic rings. The van der Waals surface area contributed by atoms with Gasteiger partial charge in [0.15, 0.2) is 5.58 Å². The SMILES string of the molecule is C=S(C)c1cccc2c1oc1c(-n3c4ccccc4c4c5oc6ccccc6c5ccc43)cccc12. The molecule has 0 bridgehead atoms. The third-order valence-electron chi connectivity index (χ3n) is 7.26. The fourth-order valence-electron chi connectivity index (χ4n) is 5.72. The Hall–Kier alpha value is -4.28. The molecule has 5 aromatic carbocycles. The van der Waals surface area contributed by atoms with E-state index in [1.165, 1.54) is 5.39 Å². The maximum atomic E-state index is 6.66. The number of benzene rings is 5. The summed E-state index contributed by atoms with van der Waals surface area (Å²) in [6, 6.07) is 34.0. The monoisotopic (exact) mass is 483 g/mol. The van der Waals surface area contributed by atoms with Crippen molar-refractivity contribution >= 4 is 82.0 Å². The molecule has 3 heterocycles. The molecule has 36 heavy (non-hydrogen) atoms. The van der Waals surface area contributed by atoms with Gasteiger partial charge in [0.1, 0.15) is 16.7 Å². The highest BCUT2D eigenvalue weighted by atomic mass is 32.2. The van der Waals surface area contributed by atoms with Crippen LogP contribution < -0.4 is 0 Å². The Morgan fingerprint density at radius 2 is 1.28 bits per heavy atom. The zero-order valence-corrected chi connectivity index (χ0v) is 20.4. The fourth-order valence-corrected chi connectivity index (χ4v) is 6.50. The highest BCUT2D eigenvalue weighted by Crippen LogP contribution is 2.43. The van der Waals surface area contributed by atoms with Gasteiger partial charge in [-0.2, -0.15) is 10.5 Å². The Morgan fingerprint density at radius 1 is 0.583 bits per heavy atom. The summed E-state index contributed by atoms with van der Waals surface area (Å²) in [6.07, 6.45) is 2.13. The predicted molar refractivity (Wildman–Crippen MR) is 154 cm³/mol. The fraction of sp³-hybridized carbons (Fsp3) is 0.0312. The minimum atomic E-state index is -0.155. The third kappa shape index (κ3) is 2.52. The van der Waals surface area contributed by atoms with Crippen molar-refractivity contribution in [3.05, 3.63) is 97.1 Å². The molecule has 0 N–H and O–H groups in total. The normalized spacial score (nSPS) is 13.1. The van der Waals surface area contributed by atoms with Gasteiger partial charge >= 0.3 is 0 Å². The van der Waals surface area contributed by atoms with Crippen molar-refractivity contribution in [2.75, 3.05) is 6.26 Å². The van der Waals surface area contributed by atoms with Gasteiger partial charge in [0.2, 0.25) is 0 Å². The van der Waals surface area contributed by atoms with Crippen LogP contribution >= 0.6 is 10.5 Å². The Balaban J connectivity index is 1.56. The molecule has 0 amide bonds. The molecule has 0 fully saturated rings. The molecule has 0 aliphatic carbocycles. The van der Waals surface area contributed by atoms with Gasteiger partial charge in [-0.15, -0.1) is 0 Å². The molecule has 172 valence electrons. The van der Waals surface area contributed by atoms with Crippen molar-refractivity contribution in [3.8, 4) is 5.69 Å². The molecule has 0 spiro atoms. The third-order valence-corrected chi connectivity index (χ3v) is 8.34. The Kier molecular flexibility index (Phi) is 3.95. The van der Waals surface area contributed by atoms with Crippen LogP contribution in [0.5, 0.6) is 0 Å². The van der Waals surface area contributed by atoms with Crippen molar-refractivity contribution in [3.63, 3.8) is 0 Å². The van der Waals surface area contributed by atoms with E-state index >= 15 is 0 Å². The summed E-state index contributed by atoms with van der Waals surface area (Å²) in [4.78, 5) is 1.15. The summed E-state index contributed by atoms with van der Waals surface area (Å²) in [7, 11) is -0.155. The molecule has 3 nitrogen and oxygen atoms in total. The highest BCUT2D eigenvalue weighted by Gasteiger charge is 2.21. The number of rotatable bonds is 2. The molecule has 4 heteroatoms. The van der Waals surface area contributed by atoms with E-state index < -0.39 is 0 Å². The molecule has 1 unspecified atom stereocenters. The van der Waals surface area contributed by atoms with Gasteiger partial charge in [-0.25, -0.2) is 0 Å². The van der Waals surface area contributed by atoms with Crippen LogP contribution in [0.1, 0.15) is 0 Å². The van der Waals surface area contributed by atoms with E-state index in [4.69, 9.17) is 8.83 Å². The van der Waals surface area contributed by atoms with E-state index in [0.717, 1.165) is 70.9 Å². The molecule has 8 aromatic rings. The lowest BCUT2D eigenvalue weighted by molar-refractivity contribution is 0.658. The van der Waals surface area contributed by atoms with E-state index in [1.807, 2.05) is 12.1 Å². The molecular formula is C32H21NO2S. The standard InChI is InChI=1S/C32H21NO2S/c1-36(2)28-16-8-12-21-20-11-7-14-26(30(20)35-31(21)28)33-24-13-5-3-10-23(24)29-25(33)18-17-22-19-9-4-6-15-27(19)34-32(22)29/h3-18H,1H2,2H3. The van der Waals surface area contributed by atoms with Crippen LogP contribution in [0, 0.1) is 0 Å². The lowest BCUT2D eigenvalue weighted by atomic mass is 10.1. The van der Waals surface area contributed by atoms with E-state index in [1.54, 1.807) is 0 Å². The molecule has 8 rings (SSSR count). The van der Waals surface area contributed by atoms with Gasteiger partial charge in [-0.05, 0) is 42.7 Å². The maximum absolute atomic E-state index is 6.66. The van der Waals surface area contributed by atoms with Crippen molar-refractivity contribution < 1.29 is 8.83 Å². The molecule has 1 atom stereocenters. The minimum Gasteiger partial charge on any atom is -0.455 e. The summed E-state index contributed by atoms with van der Waals surface area (Å²) in [5.41, 5.74) is 6.90.